The molecule has 6 heteroatoms. The number of H-pyrrole nitrogens is 1. The number of rotatable bonds is 3. The first kappa shape index (κ1) is 13.1. The van der Waals surface area contributed by atoms with Crippen molar-refractivity contribution >= 4 is 28.0 Å². The molecule has 0 amide bonds. The van der Waals surface area contributed by atoms with Crippen molar-refractivity contribution < 1.29 is 9.31 Å². The maximum atomic E-state index is 13.4. The Bertz CT molecular complexity index is 842. The highest BCUT2D eigenvalue weighted by Crippen LogP contribution is 2.29. The Morgan fingerprint density at radius 3 is 2.81 bits per heavy atom. The molecule has 0 saturated heterocycles. The lowest BCUT2D eigenvalue weighted by molar-refractivity contribution is -0.387. The summed E-state index contributed by atoms with van der Waals surface area (Å²) in [7, 11) is 0. The summed E-state index contributed by atoms with van der Waals surface area (Å²) in [5, 5.41) is 14.9. The molecule has 0 saturated carbocycles. The molecule has 0 atom stereocenters. The molecule has 0 bridgehead atoms. The van der Waals surface area contributed by atoms with Crippen molar-refractivity contribution in [3.8, 4) is 0 Å². The molecular weight excluding hydrogens is 273 g/mol. The highest BCUT2D eigenvalue weighted by atomic mass is 19.1. The van der Waals surface area contributed by atoms with E-state index in [0.717, 1.165) is 28.2 Å². The van der Waals surface area contributed by atoms with E-state index in [1.54, 1.807) is 0 Å². The van der Waals surface area contributed by atoms with Crippen LogP contribution in [0.15, 0.2) is 42.6 Å². The molecule has 3 rings (SSSR count). The molecule has 1 aromatic heterocycles. The molecule has 0 unspecified atom stereocenters. The van der Waals surface area contributed by atoms with E-state index in [2.05, 4.69) is 10.3 Å². The predicted molar refractivity (Wildman–Crippen MR) is 79.4 cm³/mol. The number of hydrogen-bond acceptors (Lipinski definition) is 3. The zero-order valence-electron chi connectivity index (χ0n) is 11.2. The second-order valence-electron chi connectivity index (χ2n) is 4.80. The number of aryl methyl sites for hydroxylation is 1. The zero-order valence-corrected chi connectivity index (χ0v) is 11.2. The fourth-order valence-corrected chi connectivity index (χ4v) is 2.30. The van der Waals surface area contributed by atoms with Crippen LogP contribution in [0.5, 0.6) is 0 Å². The smallest absolute Gasteiger partial charge is 0.306 e. The van der Waals surface area contributed by atoms with Crippen LogP contribution in [0, 0.1) is 22.9 Å². The Labute approximate surface area is 119 Å². The van der Waals surface area contributed by atoms with Gasteiger partial charge in [0.15, 0.2) is 0 Å². The predicted octanol–water partition coefficient (Wildman–Crippen LogP) is 4.27. The summed E-state index contributed by atoms with van der Waals surface area (Å²) >= 11 is 0. The number of hydrogen-bond donors (Lipinski definition) is 2. The van der Waals surface area contributed by atoms with Crippen molar-refractivity contribution in [1.82, 2.24) is 4.98 Å². The molecule has 5 nitrogen and oxygen atoms in total. The number of fused-ring (bicyclic) bond motifs is 1. The SMILES string of the molecule is Cc1cc(Nc2ccc(F)c([N+](=O)[O-])c2)c2cc[nH]c2c1. The molecule has 3 aromatic rings. The van der Waals surface area contributed by atoms with Gasteiger partial charge in [-0.25, -0.2) is 0 Å². The van der Waals surface area contributed by atoms with Crippen molar-refractivity contribution in [1.29, 1.82) is 0 Å². The van der Waals surface area contributed by atoms with Crippen LogP contribution in [0.25, 0.3) is 10.9 Å². The maximum Gasteiger partial charge on any atom is 0.306 e. The largest absolute Gasteiger partial charge is 0.361 e. The number of anilines is 2. The van der Waals surface area contributed by atoms with Crippen molar-refractivity contribution in [2.24, 2.45) is 0 Å². The van der Waals surface area contributed by atoms with Gasteiger partial charge in [0.2, 0.25) is 5.82 Å². The van der Waals surface area contributed by atoms with Gasteiger partial charge < -0.3 is 10.3 Å². The highest BCUT2D eigenvalue weighted by molar-refractivity contribution is 5.94. The van der Waals surface area contributed by atoms with Crippen LogP contribution in [-0.2, 0) is 0 Å². The summed E-state index contributed by atoms with van der Waals surface area (Å²) in [5.41, 5.74) is 2.75. The molecule has 0 aliphatic carbocycles. The topological polar surface area (TPSA) is 71.0 Å². The van der Waals surface area contributed by atoms with Gasteiger partial charge in [-0.2, -0.15) is 4.39 Å². The lowest BCUT2D eigenvalue weighted by atomic mass is 10.1. The minimum atomic E-state index is -0.846. The summed E-state index contributed by atoms with van der Waals surface area (Å²) in [4.78, 5) is 13.2. The van der Waals surface area contributed by atoms with Gasteiger partial charge in [-0.3, -0.25) is 10.1 Å². The van der Waals surface area contributed by atoms with Gasteiger partial charge in [-0.05, 0) is 42.8 Å². The molecule has 0 fully saturated rings. The first-order chi connectivity index (χ1) is 10.0. The number of aromatic amines is 1. The summed E-state index contributed by atoms with van der Waals surface area (Å²) in [6.45, 7) is 1.96. The number of nitro benzene ring substituents is 1. The molecule has 0 radical (unpaired) electrons. The number of halogens is 1. The third-order valence-corrected chi connectivity index (χ3v) is 3.24. The van der Waals surface area contributed by atoms with Crippen LogP contribution in [0.3, 0.4) is 0 Å². The van der Waals surface area contributed by atoms with E-state index >= 15 is 0 Å². The minimum Gasteiger partial charge on any atom is -0.361 e. The Kier molecular flexibility index (Phi) is 3.06. The maximum absolute atomic E-state index is 13.4. The highest BCUT2D eigenvalue weighted by Gasteiger charge is 2.14. The van der Waals surface area contributed by atoms with E-state index < -0.39 is 16.4 Å². The second kappa shape index (κ2) is 4.90. The molecule has 2 aromatic carbocycles. The quantitative estimate of drug-likeness (QED) is 0.557. The Morgan fingerprint density at radius 2 is 2.05 bits per heavy atom. The van der Waals surface area contributed by atoms with Crippen molar-refractivity contribution in [2.45, 2.75) is 6.92 Å². The minimum absolute atomic E-state index is 0.469. The Morgan fingerprint density at radius 1 is 1.24 bits per heavy atom. The lowest BCUT2D eigenvalue weighted by Gasteiger charge is -2.09. The molecule has 0 aliphatic rings. The van der Waals surface area contributed by atoms with Gasteiger partial charge >= 0.3 is 5.69 Å². The fourth-order valence-electron chi connectivity index (χ4n) is 2.30. The van der Waals surface area contributed by atoms with E-state index in [4.69, 9.17) is 0 Å². The van der Waals surface area contributed by atoms with Crippen molar-refractivity contribution in [2.75, 3.05) is 5.32 Å². The molecule has 0 spiro atoms. The van der Waals surface area contributed by atoms with Gasteiger partial charge in [-0.1, -0.05) is 0 Å². The first-order valence-electron chi connectivity index (χ1n) is 6.33. The van der Waals surface area contributed by atoms with Crippen LogP contribution in [-0.4, -0.2) is 9.91 Å². The summed E-state index contributed by atoms with van der Waals surface area (Å²) in [6.07, 6.45) is 1.82. The van der Waals surface area contributed by atoms with E-state index in [0.29, 0.717) is 5.69 Å². The number of nitrogens with one attached hydrogen (secondary N) is 2. The normalized spacial score (nSPS) is 10.8. The lowest BCUT2D eigenvalue weighted by Crippen LogP contribution is -1.96. The van der Waals surface area contributed by atoms with Crippen LogP contribution < -0.4 is 5.32 Å². The Hall–Kier alpha value is -2.89. The number of nitro groups is 1. The average Bonchev–Trinajstić information content (AvgIpc) is 2.88. The van der Waals surface area contributed by atoms with Gasteiger partial charge in [0.05, 0.1) is 4.92 Å². The monoisotopic (exact) mass is 285 g/mol. The molecule has 106 valence electrons. The first-order valence-corrected chi connectivity index (χ1v) is 6.33. The van der Waals surface area contributed by atoms with Crippen molar-refractivity contribution in [3.63, 3.8) is 0 Å². The van der Waals surface area contributed by atoms with Crippen LogP contribution in [0.1, 0.15) is 5.56 Å². The van der Waals surface area contributed by atoms with Gasteiger partial charge in [0, 0.05) is 34.5 Å². The van der Waals surface area contributed by atoms with E-state index in [1.165, 1.54) is 12.1 Å². The average molecular weight is 285 g/mol. The van der Waals surface area contributed by atoms with Crippen molar-refractivity contribution in [3.05, 3.63) is 64.1 Å². The van der Waals surface area contributed by atoms with Crippen LogP contribution in [0.4, 0.5) is 21.5 Å². The van der Waals surface area contributed by atoms with Gasteiger partial charge in [0.1, 0.15) is 0 Å². The van der Waals surface area contributed by atoms with Gasteiger partial charge in [0.25, 0.3) is 0 Å². The van der Waals surface area contributed by atoms with Crippen LogP contribution >= 0.6 is 0 Å². The Balaban J connectivity index is 2.04. The standard InChI is InChI=1S/C15H12FN3O2/c1-9-6-13-11(4-5-17-13)14(7-9)18-10-2-3-12(16)15(8-10)19(20)21/h2-8,17-18H,1H3. The second-order valence-corrected chi connectivity index (χ2v) is 4.80. The van der Waals surface area contributed by atoms with Gasteiger partial charge in [-0.15, -0.1) is 0 Å². The molecule has 21 heavy (non-hydrogen) atoms. The van der Waals surface area contributed by atoms with E-state index in [1.807, 2.05) is 31.3 Å². The fraction of sp³-hybridized carbons (Fsp3) is 0.0667. The molecule has 1 heterocycles. The van der Waals surface area contributed by atoms with E-state index in [9.17, 15) is 14.5 Å². The summed E-state index contributed by atoms with van der Waals surface area (Å²) < 4.78 is 13.4. The van der Waals surface area contributed by atoms with E-state index in [-0.39, 0.29) is 0 Å². The number of nitrogens with zero attached hydrogens (tertiary/aromatic N) is 1. The number of benzene rings is 2. The number of aromatic nitrogens is 1. The molecule has 0 aliphatic heterocycles. The molecular formula is C15H12FN3O2. The molecule has 2 N–H and O–H groups in total. The zero-order chi connectivity index (χ0) is 15.0. The third kappa shape index (κ3) is 2.43. The third-order valence-electron chi connectivity index (χ3n) is 3.24. The summed E-state index contributed by atoms with van der Waals surface area (Å²) in [5.74, 6) is -0.846. The van der Waals surface area contributed by atoms with Crippen LogP contribution in [0.2, 0.25) is 0 Å². The summed E-state index contributed by atoms with van der Waals surface area (Å²) in [6, 6.07) is 9.61.